The molecule has 0 N–H and O–H groups in total. The Balaban J connectivity index is 1.17. The van der Waals surface area contributed by atoms with Crippen LogP contribution in [0.3, 0.4) is 0 Å². The molecular formula is C46H29N3. The Hall–Kier alpha value is -6.32. The fourth-order valence-electron chi connectivity index (χ4n) is 8.58. The minimum atomic E-state index is 0.938. The van der Waals surface area contributed by atoms with Crippen LogP contribution >= 0.6 is 0 Å². The number of hydrogen-bond donors (Lipinski definition) is 0. The molecule has 0 atom stereocenters. The van der Waals surface area contributed by atoms with E-state index in [1.54, 1.807) is 0 Å². The number of aromatic nitrogens is 3. The summed E-state index contributed by atoms with van der Waals surface area (Å²) in [6.07, 6.45) is 3.85. The molecule has 0 spiro atoms. The van der Waals surface area contributed by atoms with Gasteiger partial charge in [-0.1, -0.05) is 109 Å². The van der Waals surface area contributed by atoms with Crippen molar-refractivity contribution in [2.75, 3.05) is 0 Å². The molecular weight excluding hydrogens is 595 g/mol. The lowest BCUT2D eigenvalue weighted by Crippen LogP contribution is -1.99. The molecule has 0 unspecified atom stereocenters. The average Bonchev–Trinajstić information content (AvgIpc) is 3.41. The van der Waals surface area contributed by atoms with Gasteiger partial charge in [-0.15, -0.1) is 0 Å². The van der Waals surface area contributed by atoms with Crippen LogP contribution in [0.15, 0.2) is 140 Å². The van der Waals surface area contributed by atoms with Gasteiger partial charge in [-0.2, -0.15) is 0 Å². The van der Waals surface area contributed by atoms with E-state index in [0.29, 0.717) is 0 Å². The molecule has 3 heteroatoms. The summed E-state index contributed by atoms with van der Waals surface area (Å²) in [5, 5.41) is 16.3. The minimum Gasteiger partial charge on any atom is -0.312 e. The van der Waals surface area contributed by atoms with E-state index in [1.165, 1.54) is 87.3 Å². The Morgan fingerprint density at radius 1 is 0.469 bits per heavy atom. The Labute approximate surface area is 282 Å². The molecule has 0 aliphatic heterocycles. The monoisotopic (exact) mass is 623 g/mol. The topological polar surface area (TPSA) is 30.7 Å². The standard InChI is InChI=1S/C46H29N3/c1-26-27(2)49(41-22-16-30-12-11-28-6-3-7-29-15-17-40(41)43(30)42(28)29)46-34(26)18-19-38-36-10-4-9-35(37(36)20-21-39(38)46)33-24-32-14-13-31-8-5-23-47-44(31)45(32)48-25-33/h3-25H,1-2H3. The maximum Gasteiger partial charge on any atom is 0.0964 e. The van der Waals surface area contributed by atoms with Gasteiger partial charge in [0.25, 0.3) is 0 Å². The number of aryl methyl sites for hydroxylation is 1. The first-order chi connectivity index (χ1) is 24.1. The number of pyridine rings is 2. The predicted molar refractivity (Wildman–Crippen MR) is 208 cm³/mol. The van der Waals surface area contributed by atoms with E-state index in [9.17, 15) is 0 Å². The number of hydrogen-bond acceptors (Lipinski definition) is 2. The zero-order valence-corrected chi connectivity index (χ0v) is 27.1. The van der Waals surface area contributed by atoms with Gasteiger partial charge in [0, 0.05) is 50.6 Å². The van der Waals surface area contributed by atoms with Gasteiger partial charge in [0.2, 0.25) is 0 Å². The maximum absolute atomic E-state index is 4.94. The van der Waals surface area contributed by atoms with Gasteiger partial charge in [0.05, 0.1) is 22.2 Å². The molecule has 0 radical (unpaired) electrons. The highest BCUT2D eigenvalue weighted by Crippen LogP contribution is 2.43. The number of nitrogens with zero attached hydrogens (tertiary/aromatic N) is 3. The Morgan fingerprint density at radius 2 is 1.10 bits per heavy atom. The van der Waals surface area contributed by atoms with Gasteiger partial charge in [-0.25, -0.2) is 0 Å². The lowest BCUT2D eigenvalue weighted by atomic mass is 9.93. The van der Waals surface area contributed by atoms with Crippen molar-refractivity contribution in [3.8, 4) is 16.8 Å². The molecule has 0 saturated heterocycles. The Morgan fingerprint density at radius 3 is 2.00 bits per heavy atom. The second kappa shape index (κ2) is 9.62. The van der Waals surface area contributed by atoms with Gasteiger partial charge >= 0.3 is 0 Å². The first-order valence-corrected chi connectivity index (χ1v) is 16.9. The van der Waals surface area contributed by atoms with Crippen molar-refractivity contribution in [1.29, 1.82) is 0 Å². The van der Waals surface area contributed by atoms with Gasteiger partial charge in [-0.05, 0) is 86.3 Å². The molecule has 3 nitrogen and oxygen atoms in total. The molecule has 11 rings (SSSR count). The Bertz CT molecular complexity index is 3170. The van der Waals surface area contributed by atoms with E-state index < -0.39 is 0 Å². The van der Waals surface area contributed by atoms with E-state index in [1.807, 2.05) is 18.5 Å². The normalized spacial score (nSPS) is 12.3. The van der Waals surface area contributed by atoms with Crippen molar-refractivity contribution in [2.45, 2.75) is 13.8 Å². The quantitative estimate of drug-likeness (QED) is 0.179. The third-order valence-corrected chi connectivity index (χ3v) is 11.0. The first kappa shape index (κ1) is 26.7. The van der Waals surface area contributed by atoms with Gasteiger partial charge in [0.1, 0.15) is 0 Å². The van der Waals surface area contributed by atoms with Gasteiger partial charge in [0.15, 0.2) is 0 Å². The summed E-state index contributed by atoms with van der Waals surface area (Å²) >= 11 is 0. The highest BCUT2D eigenvalue weighted by molar-refractivity contribution is 6.25. The molecule has 49 heavy (non-hydrogen) atoms. The largest absolute Gasteiger partial charge is 0.312 e. The van der Waals surface area contributed by atoms with Crippen LogP contribution in [0, 0.1) is 13.8 Å². The van der Waals surface area contributed by atoms with Crippen molar-refractivity contribution >= 4 is 86.6 Å². The molecule has 0 fully saturated rings. The maximum atomic E-state index is 4.94. The predicted octanol–water partition coefficient (Wildman–Crippen LogP) is 12.2. The van der Waals surface area contributed by atoms with Crippen LogP contribution in [-0.2, 0) is 0 Å². The minimum absolute atomic E-state index is 0.938. The average molecular weight is 624 g/mol. The lowest BCUT2D eigenvalue weighted by Gasteiger charge is -2.17. The van der Waals surface area contributed by atoms with Crippen LogP contribution < -0.4 is 0 Å². The van der Waals surface area contributed by atoms with Crippen molar-refractivity contribution in [1.82, 2.24) is 14.5 Å². The summed E-state index contributed by atoms with van der Waals surface area (Å²) in [6.45, 7) is 4.53. The van der Waals surface area contributed by atoms with Crippen LogP contribution in [0.25, 0.3) is 103 Å². The molecule has 3 aromatic heterocycles. The number of rotatable bonds is 2. The summed E-state index contributed by atoms with van der Waals surface area (Å²) in [6, 6.07) is 46.9. The molecule has 0 saturated carbocycles. The van der Waals surface area contributed by atoms with E-state index in [4.69, 9.17) is 4.98 Å². The van der Waals surface area contributed by atoms with E-state index in [-0.39, 0.29) is 0 Å². The summed E-state index contributed by atoms with van der Waals surface area (Å²) in [5.41, 5.74) is 9.26. The Kier molecular flexibility index (Phi) is 5.24. The van der Waals surface area contributed by atoms with Crippen molar-refractivity contribution in [2.24, 2.45) is 0 Å². The number of benzene rings is 8. The number of fused-ring (bicyclic) bond motifs is 8. The summed E-state index contributed by atoms with van der Waals surface area (Å²) < 4.78 is 2.51. The third kappa shape index (κ3) is 3.56. The second-order valence-corrected chi connectivity index (χ2v) is 13.4. The molecule has 0 aliphatic rings. The molecule has 0 bridgehead atoms. The van der Waals surface area contributed by atoms with Crippen molar-refractivity contribution < 1.29 is 0 Å². The zero-order chi connectivity index (χ0) is 32.4. The molecule has 11 aromatic rings. The molecule has 8 aromatic carbocycles. The molecule has 3 heterocycles. The summed E-state index contributed by atoms with van der Waals surface area (Å²) in [4.78, 5) is 9.57. The van der Waals surface area contributed by atoms with Crippen LogP contribution in [0.4, 0.5) is 0 Å². The highest BCUT2D eigenvalue weighted by atomic mass is 15.0. The summed E-state index contributed by atoms with van der Waals surface area (Å²) in [5.74, 6) is 0. The fourth-order valence-corrected chi connectivity index (χ4v) is 8.58. The zero-order valence-electron chi connectivity index (χ0n) is 27.1. The molecule has 0 amide bonds. The van der Waals surface area contributed by atoms with E-state index in [2.05, 4.69) is 145 Å². The lowest BCUT2D eigenvalue weighted by molar-refractivity contribution is 1.05. The van der Waals surface area contributed by atoms with Crippen molar-refractivity contribution in [3.63, 3.8) is 0 Å². The van der Waals surface area contributed by atoms with Crippen LogP contribution in [0.1, 0.15) is 11.3 Å². The van der Waals surface area contributed by atoms with Crippen LogP contribution in [0.2, 0.25) is 0 Å². The summed E-state index contributed by atoms with van der Waals surface area (Å²) in [7, 11) is 0. The van der Waals surface area contributed by atoms with Gasteiger partial charge < -0.3 is 4.57 Å². The van der Waals surface area contributed by atoms with Crippen LogP contribution in [-0.4, -0.2) is 14.5 Å². The fraction of sp³-hybridized carbons (Fsp3) is 0.0435. The molecule has 0 aliphatic carbocycles. The van der Waals surface area contributed by atoms with E-state index >= 15 is 0 Å². The first-order valence-electron chi connectivity index (χ1n) is 16.9. The van der Waals surface area contributed by atoms with Gasteiger partial charge in [-0.3, -0.25) is 9.97 Å². The second-order valence-electron chi connectivity index (χ2n) is 13.4. The van der Waals surface area contributed by atoms with E-state index in [0.717, 1.165) is 27.4 Å². The van der Waals surface area contributed by atoms with Crippen LogP contribution in [0.5, 0.6) is 0 Å². The SMILES string of the molecule is Cc1c(C)n(-c2ccc3ccc4cccc5ccc2c3c45)c2c1ccc1c3cccc(-c4cnc5c(ccc6cccnc65)c4)c3ccc12. The third-order valence-electron chi connectivity index (χ3n) is 11.0. The smallest absolute Gasteiger partial charge is 0.0964 e. The highest BCUT2D eigenvalue weighted by Gasteiger charge is 2.20. The van der Waals surface area contributed by atoms with Crippen molar-refractivity contribution in [3.05, 3.63) is 151 Å². The molecule has 228 valence electrons.